The van der Waals surface area contributed by atoms with E-state index in [1.807, 2.05) is 12.1 Å². The average molecular weight is 272 g/mol. The van der Waals surface area contributed by atoms with Crippen LogP contribution in [0.15, 0.2) is 36.7 Å². The fourth-order valence-electron chi connectivity index (χ4n) is 2.18. The summed E-state index contributed by atoms with van der Waals surface area (Å²) in [5.74, 6) is 0.619. The maximum absolute atomic E-state index is 12.1. The molecular weight excluding hydrogens is 256 g/mol. The van der Waals surface area contributed by atoms with Gasteiger partial charge in [-0.15, -0.1) is 0 Å². The van der Waals surface area contributed by atoms with Crippen molar-refractivity contribution in [3.8, 4) is 0 Å². The third-order valence-corrected chi connectivity index (χ3v) is 3.19. The van der Waals surface area contributed by atoms with E-state index < -0.39 is 0 Å². The molecule has 0 unspecified atom stereocenters. The summed E-state index contributed by atoms with van der Waals surface area (Å²) in [5, 5.41) is 2.90. The fraction of sp³-hybridized carbons (Fsp3) is 0.286. The molecule has 0 atom stereocenters. The number of aromatic amines is 1. The largest absolute Gasteiger partial charge is 0.378 e. The van der Waals surface area contributed by atoms with E-state index in [-0.39, 0.29) is 5.91 Å². The predicted molar refractivity (Wildman–Crippen MR) is 76.0 cm³/mol. The number of carbonyl (C=O) groups excluding carboxylic acids is 1. The van der Waals surface area contributed by atoms with Gasteiger partial charge < -0.3 is 19.9 Å². The van der Waals surface area contributed by atoms with Crippen LogP contribution in [0.4, 0.5) is 11.5 Å². The van der Waals surface area contributed by atoms with Gasteiger partial charge >= 0.3 is 0 Å². The lowest BCUT2D eigenvalue weighted by molar-refractivity contribution is 0.102. The van der Waals surface area contributed by atoms with Gasteiger partial charge in [0.05, 0.1) is 18.9 Å². The molecule has 0 radical (unpaired) electrons. The van der Waals surface area contributed by atoms with Crippen LogP contribution in [0.3, 0.4) is 0 Å². The molecule has 6 heteroatoms. The van der Waals surface area contributed by atoms with E-state index in [0.717, 1.165) is 18.9 Å². The molecule has 2 N–H and O–H groups in total. The van der Waals surface area contributed by atoms with Crippen LogP contribution in [0, 0.1) is 0 Å². The number of aromatic nitrogens is 2. The van der Waals surface area contributed by atoms with E-state index >= 15 is 0 Å². The van der Waals surface area contributed by atoms with Gasteiger partial charge in [0.25, 0.3) is 5.91 Å². The van der Waals surface area contributed by atoms with Crippen LogP contribution < -0.4 is 10.2 Å². The van der Waals surface area contributed by atoms with Gasteiger partial charge in [-0.2, -0.15) is 0 Å². The van der Waals surface area contributed by atoms with Crippen molar-refractivity contribution in [3.63, 3.8) is 0 Å². The monoisotopic (exact) mass is 272 g/mol. The van der Waals surface area contributed by atoms with Crippen molar-refractivity contribution in [2.75, 3.05) is 36.5 Å². The topological polar surface area (TPSA) is 70.2 Å². The summed E-state index contributed by atoms with van der Waals surface area (Å²) in [7, 11) is 0. The normalized spacial score (nSPS) is 15.1. The number of anilines is 2. The van der Waals surface area contributed by atoms with Gasteiger partial charge in [-0.05, 0) is 24.3 Å². The molecule has 0 bridgehead atoms. The molecule has 3 heterocycles. The second kappa shape index (κ2) is 5.75. The first kappa shape index (κ1) is 12.7. The zero-order valence-electron chi connectivity index (χ0n) is 11.0. The second-order valence-corrected chi connectivity index (χ2v) is 4.51. The lowest BCUT2D eigenvalue weighted by Gasteiger charge is -2.29. The zero-order chi connectivity index (χ0) is 13.8. The number of rotatable bonds is 3. The van der Waals surface area contributed by atoms with E-state index in [1.54, 1.807) is 24.5 Å². The number of nitrogens with zero attached hydrogens (tertiary/aromatic N) is 2. The average Bonchev–Trinajstić information content (AvgIpc) is 3.03. The molecule has 1 aliphatic heterocycles. The molecule has 20 heavy (non-hydrogen) atoms. The van der Waals surface area contributed by atoms with Crippen molar-refractivity contribution < 1.29 is 9.53 Å². The number of hydrogen-bond donors (Lipinski definition) is 2. The first-order chi connectivity index (χ1) is 9.84. The number of amides is 1. The molecule has 2 aromatic rings. The maximum atomic E-state index is 12.1. The van der Waals surface area contributed by atoms with E-state index in [1.165, 1.54) is 0 Å². The van der Waals surface area contributed by atoms with Crippen LogP contribution in [0.25, 0.3) is 0 Å². The summed E-state index contributed by atoms with van der Waals surface area (Å²) in [5.41, 5.74) is 1.25. The first-order valence-corrected chi connectivity index (χ1v) is 6.57. The highest BCUT2D eigenvalue weighted by atomic mass is 16.5. The van der Waals surface area contributed by atoms with Gasteiger partial charge in [0.1, 0.15) is 5.69 Å². The van der Waals surface area contributed by atoms with E-state index in [9.17, 15) is 4.79 Å². The van der Waals surface area contributed by atoms with Gasteiger partial charge in [-0.25, -0.2) is 4.98 Å². The van der Waals surface area contributed by atoms with Crippen LogP contribution in [0.1, 0.15) is 10.5 Å². The third-order valence-electron chi connectivity index (χ3n) is 3.19. The highest BCUT2D eigenvalue weighted by Crippen LogP contribution is 2.23. The molecule has 0 spiro atoms. The minimum Gasteiger partial charge on any atom is -0.378 e. The zero-order valence-corrected chi connectivity index (χ0v) is 11.0. The molecule has 0 aliphatic carbocycles. The Balaban J connectivity index is 1.80. The van der Waals surface area contributed by atoms with Crippen LogP contribution in [0.5, 0.6) is 0 Å². The Hall–Kier alpha value is -2.34. The number of pyridine rings is 1. The SMILES string of the molecule is O=C(Nc1cccnc1N1CCOCC1)c1ccc[nH]1. The minimum absolute atomic E-state index is 0.169. The summed E-state index contributed by atoms with van der Waals surface area (Å²) in [6.45, 7) is 2.92. The smallest absolute Gasteiger partial charge is 0.272 e. The Kier molecular flexibility index (Phi) is 3.64. The molecule has 0 aromatic carbocycles. The fourth-order valence-corrected chi connectivity index (χ4v) is 2.18. The minimum atomic E-state index is -0.169. The summed E-state index contributed by atoms with van der Waals surface area (Å²) in [6.07, 6.45) is 3.45. The lowest BCUT2D eigenvalue weighted by atomic mass is 10.3. The molecule has 6 nitrogen and oxygen atoms in total. The summed E-state index contributed by atoms with van der Waals surface area (Å²) < 4.78 is 5.34. The van der Waals surface area contributed by atoms with Crippen molar-refractivity contribution in [1.82, 2.24) is 9.97 Å². The second-order valence-electron chi connectivity index (χ2n) is 4.51. The Morgan fingerprint density at radius 3 is 2.90 bits per heavy atom. The molecular formula is C14H16N4O2. The van der Waals surface area contributed by atoms with E-state index in [0.29, 0.717) is 24.6 Å². The van der Waals surface area contributed by atoms with Gasteiger partial charge in [0.2, 0.25) is 0 Å². The summed E-state index contributed by atoms with van der Waals surface area (Å²) >= 11 is 0. The number of ether oxygens (including phenoxy) is 1. The number of hydrogen-bond acceptors (Lipinski definition) is 4. The Labute approximate surface area is 116 Å². The quantitative estimate of drug-likeness (QED) is 0.888. The number of carbonyl (C=O) groups is 1. The van der Waals surface area contributed by atoms with Gasteiger partial charge in [-0.3, -0.25) is 4.79 Å². The van der Waals surface area contributed by atoms with E-state index in [4.69, 9.17) is 4.74 Å². The van der Waals surface area contributed by atoms with Crippen molar-refractivity contribution in [2.24, 2.45) is 0 Å². The van der Waals surface area contributed by atoms with Crippen LogP contribution in [-0.4, -0.2) is 42.2 Å². The number of H-pyrrole nitrogens is 1. The molecule has 2 aromatic heterocycles. The maximum Gasteiger partial charge on any atom is 0.272 e. The molecule has 104 valence electrons. The van der Waals surface area contributed by atoms with Gasteiger partial charge in [0.15, 0.2) is 5.82 Å². The van der Waals surface area contributed by atoms with Crippen LogP contribution >= 0.6 is 0 Å². The predicted octanol–water partition coefficient (Wildman–Crippen LogP) is 1.50. The molecule has 1 amide bonds. The highest BCUT2D eigenvalue weighted by molar-refractivity contribution is 6.04. The van der Waals surface area contributed by atoms with Gasteiger partial charge in [-0.1, -0.05) is 0 Å². The molecule has 1 saturated heterocycles. The Morgan fingerprint density at radius 2 is 2.15 bits per heavy atom. The number of nitrogens with one attached hydrogen (secondary N) is 2. The first-order valence-electron chi connectivity index (χ1n) is 6.57. The standard InChI is InChI=1S/C14H16N4O2/c19-14(12-4-2-5-15-12)17-11-3-1-6-16-13(11)18-7-9-20-10-8-18/h1-6,15H,7-10H2,(H,17,19). The van der Waals surface area contributed by atoms with Crippen LogP contribution in [-0.2, 0) is 4.74 Å². The lowest BCUT2D eigenvalue weighted by Crippen LogP contribution is -2.37. The van der Waals surface area contributed by atoms with Crippen LogP contribution in [0.2, 0.25) is 0 Å². The molecule has 1 aliphatic rings. The molecule has 1 fully saturated rings. The molecule has 0 saturated carbocycles. The van der Waals surface area contributed by atoms with Crippen molar-refractivity contribution >= 4 is 17.4 Å². The third kappa shape index (κ3) is 2.65. The van der Waals surface area contributed by atoms with Gasteiger partial charge in [0, 0.05) is 25.5 Å². The highest BCUT2D eigenvalue weighted by Gasteiger charge is 2.17. The summed E-state index contributed by atoms with van der Waals surface area (Å²) in [4.78, 5) is 21.5. The van der Waals surface area contributed by atoms with Crippen molar-refractivity contribution in [3.05, 3.63) is 42.4 Å². The van der Waals surface area contributed by atoms with Crippen molar-refractivity contribution in [2.45, 2.75) is 0 Å². The summed E-state index contributed by atoms with van der Waals surface area (Å²) in [6, 6.07) is 7.20. The Morgan fingerprint density at radius 1 is 1.30 bits per heavy atom. The van der Waals surface area contributed by atoms with Crippen molar-refractivity contribution in [1.29, 1.82) is 0 Å². The Bertz CT molecular complexity index is 577. The van der Waals surface area contributed by atoms with E-state index in [2.05, 4.69) is 20.2 Å². The molecule has 3 rings (SSSR count). The number of morpholine rings is 1.